The van der Waals surface area contributed by atoms with Gasteiger partial charge in [-0.05, 0) is 66.1 Å². The van der Waals surface area contributed by atoms with Crippen molar-refractivity contribution in [3.63, 3.8) is 0 Å². The van der Waals surface area contributed by atoms with Gasteiger partial charge in [-0.2, -0.15) is 0 Å². The SMILES string of the molecule is O=C(CCCNC(=O)c1cccs1)NCc1ccccc1-c1ccc(CN2CCCC2)cc1. The quantitative estimate of drug-likeness (QED) is 0.425. The molecule has 4 rings (SSSR count). The third-order valence-electron chi connectivity index (χ3n) is 5.97. The standard InChI is InChI=1S/C27H31N3O2S/c31-26(10-5-15-28-27(32)25-9-6-18-33-25)29-19-23-7-1-2-8-24(23)22-13-11-21(12-14-22)20-30-16-3-4-17-30/h1-2,6-9,11-14,18H,3-5,10,15-17,19-20H2,(H,28,32)(H,29,31). The molecule has 0 unspecified atom stereocenters. The Labute approximate surface area is 199 Å². The first kappa shape index (κ1) is 23.2. The highest BCUT2D eigenvalue weighted by molar-refractivity contribution is 7.12. The minimum atomic E-state index is -0.0780. The molecule has 2 N–H and O–H groups in total. The van der Waals surface area contributed by atoms with Gasteiger partial charge in [-0.25, -0.2) is 0 Å². The lowest BCUT2D eigenvalue weighted by molar-refractivity contribution is -0.121. The minimum absolute atomic E-state index is 0.00358. The number of amides is 2. The van der Waals surface area contributed by atoms with Crippen LogP contribution in [0.25, 0.3) is 11.1 Å². The van der Waals surface area contributed by atoms with Gasteiger partial charge in [0, 0.05) is 26.1 Å². The maximum Gasteiger partial charge on any atom is 0.261 e. The molecule has 0 bridgehead atoms. The van der Waals surface area contributed by atoms with Gasteiger partial charge in [0.2, 0.25) is 5.91 Å². The molecule has 3 aromatic rings. The number of carbonyl (C=O) groups is 2. The average molecular weight is 462 g/mol. The summed E-state index contributed by atoms with van der Waals surface area (Å²) in [6.07, 6.45) is 3.61. The molecule has 1 saturated heterocycles. The van der Waals surface area contributed by atoms with Gasteiger partial charge in [0.15, 0.2) is 0 Å². The number of hydrogen-bond donors (Lipinski definition) is 2. The number of nitrogens with zero attached hydrogens (tertiary/aromatic N) is 1. The monoisotopic (exact) mass is 461 g/mol. The third kappa shape index (κ3) is 6.76. The van der Waals surface area contributed by atoms with Crippen molar-refractivity contribution in [2.24, 2.45) is 0 Å². The Morgan fingerprint density at radius 2 is 1.70 bits per heavy atom. The van der Waals surface area contributed by atoms with E-state index in [9.17, 15) is 9.59 Å². The van der Waals surface area contributed by atoms with Crippen LogP contribution in [0.5, 0.6) is 0 Å². The van der Waals surface area contributed by atoms with Crippen LogP contribution in [-0.4, -0.2) is 36.3 Å². The molecule has 1 aliphatic heterocycles. The van der Waals surface area contributed by atoms with Crippen LogP contribution in [0.15, 0.2) is 66.0 Å². The number of carbonyl (C=O) groups excluding carboxylic acids is 2. The minimum Gasteiger partial charge on any atom is -0.352 e. The summed E-state index contributed by atoms with van der Waals surface area (Å²) in [5.41, 5.74) is 4.76. The summed E-state index contributed by atoms with van der Waals surface area (Å²) in [6, 6.07) is 20.7. The zero-order chi connectivity index (χ0) is 22.9. The molecule has 6 heteroatoms. The second kappa shape index (κ2) is 11.8. The predicted molar refractivity (Wildman–Crippen MR) is 134 cm³/mol. The van der Waals surface area contributed by atoms with E-state index in [2.05, 4.69) is 51.9 Å². The summed E-state index contributed by atoms with van der Waals surface area (Å²) in [7, 11) is 0. The summed E-state index contributed by atoms with van der Waals surface area (Å²) in [4.78, 5) is 27.5. The number of hydrogen-bond acceptors (Lipinski definition) is 4. The van der Waals surface area contributed by atoms with Gasteiger partial charge < -0.3 is 10.6 Å². The molecule has 1 aliphatic rings. The predicted octanol–water partition coefficient (Wildman–Crippen LogP) is 4.84. The lowest BCUT2D eigenvalue weighted by Gasteiger charge is -2.15. The average Bonchev–Trinajstić information content (AvgIpc) is 3.56. The van der Waals surface area contributed by atoms with Crippen molar-refractivity contribution >= 4 is 23.2 Å². The van der Waals surface area contributed by atoms with E-state index in [-0.39, 0.29) is 11.8 Å². The fourth-order valence-corrected chi connectivity index (χ4v) is 4.81. The first-order chi connectivity index (χ1) is 16.2. The fourth-order valence-electron chi connectivity index (χ4n) is 4.17. The van der Waals surface area contributed by atoms with Crippen molar-refractivity contribution in [1.29, 1.82) is 0 Å². The number of thiophene rings is 1. The molecule has 0 aliphatic carbocycles. The molecule has 2 amide bonds. The summed E-state index contributed by atoms with van der Waals surface area (Å²) in [6.45, 7) is 4.40. The number of benzene rings is 2. The van der Waals surface area contributed by atoms with E-state index in [4.69, 9.17) is 0 Å². The van der Waals surface area contributed by atoms with Crippen LogP contribution >= 0.6 is 11.3 Å². The molecular weight excluding hydrogens is 430 g/mol. The molecule has 33 heavy (non-hydrogen) atoms. The summed E-state index contributed by atoms with van der Waals surface area (Å²) in [5, 5.41) is 7.77. The van der Waals surface area contributed by atoms with E-state index in [0.29, 0.717) is 30.8 Å². The number of rotatable bonds is 10. The Kier molecular flexibility index (Phi) is 8.28. The topological polar surface area (TPSA) is 61.4 Å². The number of nitrogens with one attached hydrogen (secondary N) is 2. The van der Waals surface area contributed by atoms with Gasteiger partial charge in [0.05, 0.1) is 4.88 Å². The summed E-state index contributed by atoms with van der Waals surface area (Å²) >= 11 is 1.41. The molecular formula is C27H31N3O2S. The van der Waals surface area contributed by atoms with Crippen molar-refractivity contribution in [2.75, 3.05) is 19.6 Å². The molecule has 172 valence electrons. The van der Waals surface area contributed by atoms with E-state index >= 15 is 0 Å². The van der Waals surface area contributed by atoms with Gasteiger partial charge in [-0.15, -0.1) is 11.3 Å². The Morgan fingerprint density at radius 3 is 2.45 bits per heavy atom. The lowest BCUT2D eigenvalue weighted by Crippen LogP contribution is -2.27. The smallest absolute Gasteiger partial charge is 0.261 e. The van der Waals surface area contributed by atoms with Gasteiger partial charge in [-0.1, -0.05) is 54.6 Å². The van der Waals surface area contributed by atoms with Crippen LogP contribution in [0, 0.1) is 0 Å². The van der Waals surface area contributed by atoms with E-state index in [1.165, 1.54) is 48.4 Å². The highest BCUT2D eigenvalue weighted by Crippen LogP contribution is 2.25. The van der Waals surface area contributed by atoms with Crippen LogP contribution in [0.4, 0.5) is 0 Å². The maximum absolute atomic E-state index is 12.3. The van der Waals surface area contributed by atoms with Gasteiger partial charge in [0.1, 0.15) is 0 Å². The van der Waals surface area contributed by atoms with Crippen LogP contribution in [-0.2, 0) is 17.9 Å². The molecule has 0 radical (unpaired) electrons. The van der Waals surface area contributed by atoms with E-state index in [1.54, 1.807) is 6.07 Å². The Bertz CT molecular complexity index is 1040. The summed E-state index contributed by atoms with van der Waals surface area (Å²) in [5.74, 6) is -0.0816. The van der Waals surface area contributed by atoms with Crippen LogP contribution < -0.4 is 10.6 Å². The van der Waals surface area contributed by atoms with Crippen molar-refractivity contribution in [1.82, 2.24) is 15.5 Å². The maximum atomic E-state index is 12.3. The molecule has 1 fully saturated rings. The van der Waals surface area contributed by atoms with Crippen molar-refractivity contribution in [3.8, 4) is 11.1 Å². The van der Waals surface area contributed by atoms with Gasteiger partial charge in [0.25, 0.3) is 5.91 Å². The molecule has 1 aromatic heterocycles. The normalized spacial score (nSPS) is 13.7. The van der Waals surface area contributed by atoms with Gasteiger partial charge >= 0.3 is 0 Å². The Balaban J connectivity index is 1.25. The Morgan fingerprint density at radius 1 is 0.909 bits per heavy atom. The highest BCUT2D eigenvalue weighted by atomic mass is 32.1. The molecule has 0 spiro atoms. The van der Waals surface area contributed by atoms with E-state index in [1.807, 2.05) is 23.6 Å². The fraction of sp³-hybridized carbons (Fsp3) is 0.333. The van der Waals surface area contributed by atoms with Crippen LogP contribution in [0.1, 0.15) is 46.5 Å². The summed E-state index contributed by atoms with van der Waals surface area (Å²) < 4.78 is 0. The first-order valence-corrected chi connectivity index (χ1v) is 12.5. The van der Waals surface area contributed by atoms with E-state index in [0.717, 1.165) is 17.7 Å². The molecule has 5 nitrogen and oxygen atoms in total. The molecule has 0 saturated carbocycles. The van der Waals surface area contributed by atoms with Crippen molar-refractivity contribution in [3.05, 3.63) is 82.0 Å². The Hall–Kier alpha value is -2.96. The first-order valence-electron chi connectivity index (χ1n) is 11.7. The van der Waals surface area contributed by atoms with Gasteiger partial charge in [-0.3, -0.25) is 14.5 Å². The van der Waals surface area contributed by atoms with E-state index < -0.39 is 0 Å². The number of likely N-dealkylation sites (tertiary alicyclic amines) is 1. The second-order valence-corrected chi connectivity index (χ2v) is 9.40. The second-order valence-electron chi connectivity index (χ2n) is 8.45. The van der Waals surface area contributed by atoms with Crippen molar-refractivity contribution in [2.45, 2.75) is 38.8 Å². The van der Waals surface area contributed by atoms with Crippen molar-refractivity contribution < 1.29 is 9.59 Å². The third-order valence-corrected chi connectivity index (χ3v) is 6.84. The molecule has 2 aromatic carbocycles. The highest BCUT2D eigenvalue weighted by Gasteiger charge is 2.12. The lowest BCUT2D eigenvalue weighted by atomic mass is 9.98. The van der Waals surface area contributed by atoms with Crippen LogP contribution in [0.3, 0.4) is 0 Å². The molecule has 0 atom stereocenters. The zero-order valence-electron chi connectivity index (χ0n) is 18.9. The largest absolute Gasteiger partial charge is 0.352 e. The van der Waals surface area contributed by atoms with Crippen LogP contribution in [0.2, 0.25) is 0 Å². The molecule has 2 heterocycles. The zero-order valence-corrected chi connectivity index (χ0v) is 19.7.